The number of fused-ring (bicyclic) bond motifs is 5. The number of nitrogens with one attached hydrogen (secondary N) is 3. The molecule has 9 N–H and O–H groups in total. The molecule has 4 aliphatic carbocycles. The molecular formula is C40H78N4O8S. The van der Waals surface area contributed by atoms with E-state index in [1.807, 2.05) is 13.8 Å². The van der Waals surface area contributed by atoms with E-state index in [2.05, 4.69) is 36.7 Å². The molecular weight excluding hydrogens is 697 g/mol. The summed E-state index contributed by atoms with van der Waals surface area (Å²) in [7, 11) is -4.46. The van der Waals surface area contributed by atoms with E-state index in [0.717, 1.165) is 65.0 Å². The Morgan fingerprint density at radius 3 is 2.02 bits per heavy atom. The second-order valence-corrected chi connectivity index (χ2v) is 19.1. The summed E-state index contributed by atoms with van der Waals surface area (Å²) in [5.74, 6) is 2.01. The second kappa shape index (κ2) is 21.6. The van der Waals surface area contributed by atoms with Gasteiger partial charge in [-0.2, -0.15) is 8.42 Å². The van der Waals surface area contributed by atoms with Crippen LogP contribution in [0.25, 0.3) is 0 Å². The van der Waals surface area contributed by atoms with Crippen molar-refractivity contribution in [2.45, 2.75) is 156 Å². The molecule has 0 spiro atoms. The minimum Gasteiger partial charge on any atom is -0.479 e. The van der Waals surface area contributed by atoms with E-state index < -0.39 is 28.6 Å². The lowest BCUT2D eigenvalue weighted by Gasteiger charge is -2.62. The van der Waals surface area contributed by atoms with Crippen LogP contribution in [-0.4, -0.2) is 97.9 Å². The molecule has 12 nitrogen and oxygen atoms in total. The molecule has 4 rings (SSSR count). The van der Waals surface area contributed by atoms with Gasteiger partial charge in [0.05, 0.1) is 12.2 Å². The van der Waals surface area contributed by atoms with Crippen LogP contribution < -0.4 is 21.7 Å². The Kier molecular flexibility index (Phi) is 18.9. The van der Waals surface area contributed by atoms with Crippen LogP contribution in [0.3, 0.4) is 0 Å². The summed E-state index contributed by atoms with van der Waals surface area (Å²) < 4.78 is 37.2. The van der Waals surface area contributed by atoms with E-state index in [1.165, 1.54) is 64.7 Å². The Hall–Kier alpha value is -0.900. The normalized spacial score (nSPS) is 34.3. The molecule has 0 aliphatic heterocycles. The van der Waals surface area contributed by atoms with Gasteiger partial charge in [-0.05, 0) is 188 Å². The van der Waals surface area contributed by atoms with Gasteiger partial charge >= 0.3 is 16.4 Å². The van der Waals surface area contributed by atoms with E-state index in [-0.39, 0.29) is 17.4 Å². The Morgan fingerprint density at radius 2 is 1.43 bits per heavy atom. The Balaban J connectivity index is 0.00000116. The molecule has 0 saturated heterocycles. The van der Waals surface area contributed by atoms with Crippen LogP contribution in [0.4, 0.5) is 0 Å². The molecule has 0 aromatic rings. The molecule has 0 bridgehead atoms. The van der Waals surface area contributed by atoms with E-state index >= 15 is 0 Å². The van der Waals surface area contributed by atoms with E-state index in [0.29, 0.717) is 53.4 Å². The van der Waals surface area contributed by atoms with E-state index in [1.54, 1.807) is 0 Å². The second-order valence-electron chi connectivity index (χ2n) is 18.0. The minimum absolute atomic E-state index is 0.0137. The van der Waals surface area contributed by atoms with Gasteiger partial charge in [-0.25, -0.2) is 8.98 Å². The number of aliphatic carboxylic acids is 1. The smallest absolute Gasteiger partial charge is 0.397 e. The van der Waals surface area contributed by atoms with Gasteiger partial charge in [-0.1, -0.05) is 34.6 Å². The first kappa shape index (κ1) is 46.5. The molecule has 4 saturated carbocycles. The van der Waals surface area contributed by atoms with Crippen LogP contribution in [0, 0.1) is 52.3 Å². The topological polar surface area (TPSA) is 203 Å². The van der Waals surface area contributed by atoms with Gasteiger partial charge in [-0.15, -0.1) is 0 Å². The Bertz CT molecular complexity index is 1190. The number of aliphatic hydroxyl groups excluding tert-OH is 2. The summed E-state index contributed by atoms with van der Waals surface area (Å²) in [6.07, 6.45) is 13.7. The molecule has 0 heterocycles. The zero-order valence-electron chi connectivity index (χ0n) is 33.9. The number of hydrogen-bond acceptors (Lipinski definition) is 10. The number of carboxylic acid groups (broad SMARTS) is 1. The average Bonchev–Trinajstić information content (AvgIpc) is 3.44. The van der Waals surface area contributed by atoms with Crippen LogP contribution in [0.5, 0.6) is 0 Å². The van der Waals surface area contributed by atoms with Gasteiger partial charge in [-0.3, -0.25) is 4.55 Å². The first-order valence-corrected chi connectivity index (χ1v) is 22.4. The Labute approximate surface area is 321 Å². The number of aliphatic hydroxyl groups is 2. The molecule has 0 radical (unpaired) electrons. The number of nitrogens with two attached hydrogens (primary N) is 1. The van der Waals surface area contributed by atoms with Crippen molar-refractivity contribution in [1.29, 1.82) is 0 Å². The summed E-state index contributed by atoms with van der Waals surface area (Å²) in [4.78, 5) is 9.45. The third-order valence-electron chi connectivity index (χ3n) is 14.2. The molecule has 53 heavy (non-hydrogen) atoms. The van der Waals surface area contributed by atoms with Crippen LogP contribution in [0.15, 0.2) is 0 Å². The van der Waals surface area contributed by atoms with Crippen molar-refractivity contribution >= 4 is 16.4 Å². The average molecular weight is 775 g/mol. The van der Waals surface area contributed by atoms with Crippen LogP contribution >= 0.6 is 0 Å². The number of carbonyl (C=O) groups is 1. The third-order valence-corrected chi connectivity index (χ3v) is 14.7. The molecule has 312 valence electrons. The fourth-order valence-electron chi connectivity index (χ4n) is 11.2. The molecule has 0 amide bonds. The lowest BCUT2D eigenvalue weighted by molar-refractivity contribution is -0.167. The predicted octanol–water partition coefficient (Wildman–Crippen LogP) is 4.98. The van der Waals surface area contributed by atoms with Crippen LogP contribution in [-0.2, 0) is 19.4 Å². The number of rotatable bonds is 21. The first-order chi connectivity index (χ1) is 24.9. The van der Waals surface area contributed by atoms with Crippen LogP contribution in [0.1, 0.15) is 131 Å². The standard InChI is InChI=1S/C37H72N4O5S.C3H6O3/c1-26(2)34(46-47(43,44)45)13-10-27(3)30-11-12-31-35-32(15-17-37(30,31)5)36(4)16-14-29(24-28(36)25-33(35)42)41-23-9-22-40-20-7-6-19-39-21-8-18-38;1-2(4)3(5)6/h26-35,39-42H,6-25,38H2,1-5H3,(H,43,44,45);2,4H,1H3,(H,5,6)/t27-,28-,29+,30-,31+,32+,33-,34-,35+,36+,37-;/m1./s1. The van der Waals surface area contributed by atoms with Crippen LogP contribution in [0.2, 0.25) is 0 Å². The van der Waals surface area contributed by atoms with Crippen molar-refractivity contribution in [1.82, 2.24) is 16.0 Å². The maximum absolute atomic E-state index is 11.8. The van der Waals surface area contributed by atoms with Crippen molar-refractivity contribution in [3.05, 3.63) is 0 Å². The molecule has 13 heteroatoms. The van der Waals surface area contributed by atoms with Gasteiger partial charge < -0.3 is 37.0 Å². The highest BCUT2D eigenvalue weighted by Gasteiger charge is 2.62. The quantitative estimate of drug-likeness (QED) is 0.0575. The SMILES string of the molecule is CC(C)[C@@H](CC[C@@H](C)[C@H]1CC[C@H]2[C@@H]3[C@H](O)C[C@H]4C[C@@H](NCCCNCCCCNCCCN)CC[C@]4(C)[C@H]3CC[C@]12C)OS(=O)(=O)O.CC(O)C(=O)O. The zero-order valence-corrected chi connectivity index (χ0v) is 34.7. The van der Waals surface area contributed by atoms with Crippen molar-refractivity contribution in [2.75, 3.05) is 39.3 Å². The lowest BCUT2D eigenvalue weighted by Crippen LogP contribution is -2.59. The zero-order chi connectivity index (χ0) is 39.4. The molecule has 0 aromatic carbocycles. The highest BCUT2D eigenvalue weighted by atomic mass is 32.3. The first-order valence-electron chi connectivity index (χ1n) is 21.0. The number of hydrogen-bond donors (Lipinski definition) is 8. The highest BCUT2D eigenvalue weighted by Crippen LogP contribution is 2.68. The van der Waals surface area contributed by atoms with Gasteiger partial charge in [0.15, 0.2) is 0 Å². The fraction of sp³-hybridized carbons (Fsp3) is 0.975. The summed E-state index contributed by atoms with van der Waals surface area (Å²) in [5.41, 5.74) is 6.08. The minimum atomic E-state index is -4.46. The summed E-state index contributed by atoms with van der Waals surface area (Å²) >= 11 is 0. The number of unbranched alkanes of at least 4 members (excludes halogenated alkanes) is 1. The summed E-state index contributed by atoms with van der Waals surface area (Å²) in [5, 5.41) is 38.6. The van der Waals surface area contributed by atoms with Gasteiger partial charge in [0, 0.05) is 6.04 Å². The number of carboxylic acids is 1. The third kappa shape index (κ3) is 13.3. The molecule has 4 aliphatic rings. The van der Waals surface area contributed by atoms with Gasteiger partial charge in [0.1, 0.15) is 6.10 Å². The monoisotopic (exact) mass is 775 g/mol. The van der Waals surface area contributed by atoms with Crippen molar-refractivity contribution < 1.29 is 37.3 Å². The largest absolute Gasteiger partial charge is 0.479 e. The van der Waals surface area contributed by atoms with E-state index in [9.17, 15) is 22.9 Å². The van der Waals surface area contributed by atoms with E-state index in [4.69, 9.17) is 20.1 Å². The Morgan fingerprint density at radius 1 is 0.849 bits per heavy atom. The molecule has 4 fully saturated rings. The molecule has 0 aromatic heterocycles. The summed E-state index contributed by atoms with van der Waals surface area (Å²) in [6.45, 7) is 18.6. The van der Waals surface area contributed by atoms with Gasteiger partial charge in [0.25, 0.3) is 0 Å². The predicted molar refractivity (Wildman–Crippen MR) is 211 cm³/mol. The van der Waals surface area contributed by atoms with Crippen molar-refractivity contribution in [3.8, 4) is 0 Å². The van der Waals surface area contributed by atoms with Gasteiger partial charge in [0.2, 0.25) is 0 Å². The fourth-order valence-corrected chi connectivity index (χ4v) is 11.8. The van der Waals surface area contributed by atoms with Crippen molar-refractivity contribution in [3.63, 3.8) is 0 Å². The maximum atomic E-state index is 11.8. The molecule has 12 atom stereocenters. The van der Waals surface area contributed by atoms with Crippen molar-refractivity contribution in [2.24, 2.45) is 58.0 Å². The maximum Gasteiger partial charge on any atom is 0.397 e. The summed E-state index contributed by atoms with van der Waals surface area (Å²) in [6, 6.07) is 0.571. The highest BCUT2D eigenvalue weighted by molar-refractivity contribution is 7.80. The lowest BCUT2D eigenvalue weighted by atomic mass is 9.43. The molecule has 1 unspecified atom stereocenters.